The van der Waals surface area contributed by atoms with E-state index in [0.717, 1.165) is 11.8 Å². The molecule has 0 aromatic heterocycles. The minimum atomic E-state index is -2.04. The smallest absolute Gasteiger partial charge is 0.326 e. The summed E-state index contributed by atoms with van der Waals surface area (Å²) in [6.45, 7) is 12.5. The molecule has 3 aliphatic rings. The molecule has 568 valence electrons. The molecule has 14 atom stereocenters. The average molecular weight is 1450 g/mol. The van der Waals surface area contributed by atoms with Crippen molar-refractivity contribution in [3.63, 3.8) is 0 Å². The van der Waals surface area contributed by atoms with Gasteiger partial charge in [0.15, 0.2) is 0 Å². The van der Waals surface area contributed by atoms with E-state index in [-0.39, 0.29) is 95.0 Å². The van der Waals surface area contributed by atoms with E-state index in [1.807, 2.05) is 0 Å². The Morgan fingerprint density at radius 2 is 1.00 bits per heavy atom. The first-order chi connectivity index (χ1) is 47.4. The van der Waals surface area contributed by atoms with Crippen molar-refractivity contribution in [2.75, 3.05) is 38.5 Å². The van der Waals surface area contributed by atoms with Crippen LogP contribution in [-0.2, 0) is 81.5 Å². The molecule has 0 aliphatic carbocycles. The summed E-state index contributed by atoms with van der Waals surface area (Å²) in [6.07, 6.45) is -1.30. The number of rotatable bonds is 43. The highest BCUT2D eigenvalue weighted by atomic mass is 32.1. The van der Waals surface area contributed by atoms with Crippen LogP contribution in [0.2, 0.25) is 0 Å². The molecule has 3 heterocycles. The molecule has 21 N–H and O–H groups in total. The van der Waals surface area contributed by atoms with Gasteiger partial charge >= 0.3 is 11.9 Å². The van der Waals surface area contributed by atoms with Crippen LogP contribution in [0, 0.1) is 17.8 Å². The molecule has 3 rings (SSSR count). The summed E-state index contributed by atoms with van der Waals surface area (Å²) in [5.41, 5.74) is 16.5. The Kier molecular flexibility index (Phi) is 36.3. The number of unbranched alkanes of at least 4 members (excludes halogenated alkanes) is 1. The number of nitrogens with one attached hydrogen (secondary N) is 12. The third-order valence-electron chi connectivity index (χ3n) is 17.0. The van der Waals surface area contributed by atoms with Crippen molar-refractivity contribution in [1.29, 1.82) is 0 Å². The monoisotopic (exact) mass is 1450 g/mol. The topological polar surface area (TPSA) is 580 Å². The van der Waals surface area contributed by atoms with Crippen LogP contribution < -0.4 is 81.0 Å². The van der Waals surface area contributed by atoms with Crippen LogP contribution in [0.5, 0.6) is 0 Å². The lowest BCUT2D eigenvalue weighted by Gasteiger charge is -2.30. The number of aliphatic carboxylic acids is 2. The predicted octanol–water partition coefficient (Wildman–Crippen LogP) is -6.41. The summed E-state index contributed by atoms with van der Waals surface area (Å²) in [4.78, 5) is 229. The van der Waals surface area contributed by atoms with Crippen LogP contribution in [0.1, 0.15) is 152 Å². The largest absolute Gasteiger partial charge is 0.481 e. The van der Waals surface area contributed by atoms with E-state index in [2.05, 4.69) is 76.4 Å². The standard InChI is InChI=1S/C63H105N17O20S/c1-30(2)24-38(55(91)73-39(25-31(3)4)56(92)76-42(29-101)62(98)80-23-13-17-44(80)63(99)100)72-54(90)36(14-9-10-20-64)70-51(87)33(7)69-61(97)50(34(8)81)78-60(96)49(32(5)6)77-58(94)41(27-48(85)86)74-57(93)40(26-46(66)83)75-59(95)43-16-12-22-79(43)47(84)28-68-52(88)37(18-19-45(65)82)71-53(89)35-15-11-21-67-35/h30-44,49-50,67,81,101H,9-29,64H2,1-8H3,(H2,65,82)(H2,66,83)(H,68,88)(H,69,97)(H,70,87)(H,71,89)(H,72,90)(H,73,91)(H,74,93)(H,75,95)(H,76,92)(H,77,94)(H,78,96)(H,85,86)(H,99,100)/t33-,34+,35-,36-,37-,38-,39-,40-,41-,42-,43-,44-,49-,50-/m0/s1. The van der Waals surface area contributed by atoms with E-state index in [1.54, 1.807) is 27.7 Å². The number of carbonyl (C=O) groups is 17. The molecule has 3 aliphatic heterocycles. The van der Waals surface area contributed by atoms with E-state index in [0.29, 0.717) is 32.2 Å². The van der Waals surface area contributed by atoms with Crippen molar-refractivity contribution in [3.05, 3.63) is 0 Å². The number of carboxylic acids is 2. The number of carboxylic acid groups (broad SMARTS) is 2. The van der Waals surface area contributed by atoms with Gasteiger partial charge < -0.3 is 106 Å². The lowest BCUT2D eigenvalue weighted by atomic mass is 9.99. The van der Waals surface area contributed by atoms with E-state index in [4.69, 9.17) is 17.2 Å². The molecule has 3 fully saturated rings. The van der Waals surface area contributed by atoms with Gasteiger partial charge in [-0.2, -0.15) is 12.6 Å². The molecule has 0 unspecified atom stereocenters. The van der Waals surface area contributed by atoms with Crippen molar-refractivity contribution in [1.82, 2.24) is 73.6 Å². The molecule has 38 heteroatoms. The Bertz CT molecular complexity index is 2970. The van der Waals surface area contributed by atoms with Gasteiger partial charge in [0.25, 0.3) is 0 Å². The highest BCUT2D eigenvalue weighted by Gasteiger charge is 2.42. The zero-order valence-electron chi connectivity index (χ0n) is 58.5. The van der Waals surface area contributed by atoms with Crippen molar-refractivity contribution in [2.24, 2.45) is 35.0 Å². The maximum Gasteiger partial charge on any atom is 0.326 e. The van der Waals surface area contributed by atoms with Crippen LogP contribution in [0.25, 0.3) is 0 Å². The third kappa shape index (κ3) is 28.6. The van der Waals surface area contributed by atoms with Crippen molar-refractivity contribution in [3.8, 4) is 0 Å². The van der Waals surface area contributed by atoms with Crippen LogP contribution in [-0.4, -0.2) is 249 Å². The van der Waals surface area contributed by atoms with Crippen molar-refractivity contribution < 1.29 is 96.8 Å². The van der Waals surface area contributed by atoms with Crippen LogP contribution in [0.3, 0.4) is 0 Å². The number of hydrogen-bond donors (Lipinski definition) is 19. The number of nitrogens with two attached hydrogens (primary N) is 3. The highest BCUT2D eigenvalue weighted by molar-refractivity contribution is 7.80. The second kappa shape index (κ2) is 42.5. The molecule has 0 saturated carbocycles. The van der Waals surface area contributed by atoms with Crippen LogP contribution in [0.4, 0.5) is 0 Å². The minimum Gasteiger partial charge on any atom is -0.481 e. The number of aliphatic hydroxyl groups is 1. The number of carbonyl (C=O) groups excluding carboxylic acids is 15. The first-order valence-corrected chi connectivity index (χ1v) is 34.7. The molecule has 0 spiro atoms. The zero-order chi connectivity index (χ0) is 76.1. The number of likely N-dealkylation sites (tertiary alicyclic amines) is 2. The number of thiol groups is 1. The van der Waals surface area contributed by atoms with Gasteiger partial charge in [0, 0.05) is 25.3 Å². The van der Waals surface area contributed by atoms with E-state index in [9.17, 15) is 96.8 Å². The summed E-state index contributed by atoms with van der Waals surface area (Å²) in [5, 5.41) is 60.3. The fourth-order valence-corrected chi connectivity index (χ4v) is 11.8. The van der Waals surface area contributed by atoms with Gasteiger partial charge in [-0.15, -0.1) is 0 Å². The molecule has 37 nitrogen and oxygen atoms in total. The van der Waals surface area contributed by atoms with Gasteiger partial charge in [-0.25, -0.2) is 4.79 Å². The average Bonchev–Trinajstić information content (AvgIpc) is 1.77. The summed E-state index contributed by atoms with van der Waals surface area (Å²) >= 11 is 4.24. The Morgan fingerprint density at radius 1 is 0.505 bits per heavy atom. The van der Waals surface area contributed by atoms with Gasteiger partial charge in [-0.05, 0) is 122 Å². The molecule has 3 saturated heterocycles. The number of hydrogen-bond acceptors (Lipinski definition) is 21. The molecule has 0 aromatic carbocycles. The Hall–Kier alpha value is -8.78. The number of amides is 15. The van der Waals surface area contributed by atoms with E-state index in [1.165, 1.54) is 25.7 Å². The molecule has 101 heavy (non-hydrogen) atoms. The minimum absolute atomic E-state index is 0.0103. The van der Waals surface area contributed by atoms with Crippen molar-refractivity contribution in [2.45, 2.75) is 236 Å². The maximum absolute atomic E-state index is 14.2. The SMILES string of the molecule is CC(C)C[C@H](NC(=O)[C@H](CCCCN)NC(=O)[C@H](C)NC(=O)[C@@H](NC(=O)[C@@H](NC(=O)[C@H](CC(=O)O)NC(=O)[C@H](CC(N)=O)NC(=O)[C@@H]1CCCN1C(=O)CNC(=O)[C@H](CCC(N)=O)NC(=O)[C@@H]1CCCN1)C(C)C)[C@@H](C)O)C(=O)N[C@@H](CC(C)C)C(=O)N[C@@H](CS)C(=O)N1CCC[C@H]1C(=O)O. The van der Waals surface area contributed by atoms with Crippen LogP contribution >= 0.6 is 12.6 Å². The Labute approximate surface area is 591 Å². The summed E-state index contributed by atoms with van der Waals surface area (Å²) in [6, 6.07) is -18.3. The summed E-state index contributed by atoms with van der Waals surface area (Å²) in [7, 11) is 0. The second-order valence-corrected chi connectivity index (χ2v) is 27.1. The lowest BCUT2D eigenvalue weighted by molar-refractivity contribution is -0.149. The summed E-state index contributed by atoms with van der Waals surface area (Å²) in [5.74, 6) is -18.2. The molecule has 0 aromatic rings. The normalized spacial score (nSPS) is 19.0. The second-order valence-electron chi connectivity index (χ2n) is 26.8. The molecular formula is C63H105N17O20S. The van der Waals surface area contributed by atoms with E-state index >= 15 is 0 Å². The van der Waals surface area contributed by atoms with Crippen LogP contribution in [0.15, 0.2) is 0 Å². The number of nitrogens with zero attached hydrogens (tertiary/aromatic N) is 2. The maximum atomic E-state index is 14.2. The van der Waals surface area contributed by atoms with Gasteiger partial charge in [-0.3, -0.25) is 76.7 Å². The quantitative estimate of drug-likeness (QED) is 0.0199. The van der Waals surface area contributed by atoms with Gasteiger partial charge in [0.1, 0.15) is 72.5 Å². The number of aliphatic hydroxyl groups excluding tert-OH is 1. The highest BCUT2D eigenvalue weighted by Crippen LogP contribution is 2.21. The van der Waals surface area contributed by atoms with Gasteiger partial charge in [-0.1, -0.05) is 41.5 Å². The van der Waals surface area contributed by atoms with Crippen molar-refractivity contribution >= 4 is 113 Å². The Balaban J connectivity index is 1.74. The molecular weight excluding hydrogens is 1350 g/mol. The predicted molar refractivity (Wildman–Crippen MR) is 363 cm³/mol. The lowest BCUT2D eigenvalue weighted by Crippen LogP contribution is -2.62. The number of primary amides is 2. The molecule has 0 bridgehead atoms. The van der Waals surface area contributed by atoms with Gasteiger partial charge in [0.05, 0.1) is 31.5 Å². The van der Waals surface area contributed by atoms with Gasteiger partial charge in [0.2, 0.25) is 88.6 Å². The molecule has 15 amide bonds. The Morgan fingerprint density at radius 3 is 1.51 bits per heavy atom. The zero-order valence-corrected chi connectivity index (χ0v) is 59.4. The molecule has 0 radical (unpaired) electrons. The van der Waals surface area contributed by atoms with E-state index < -0.39 is 210 Å². The fraction of sp³-hybridized carbons (Fsp3) is 0.730. The fourth-order valence-electron chi connectivity index (χ4n) is 11.6. The summed E-state index contributed by atoms with van der Waals surface area (Å²) < 4.78 is 0. The first kappa shape index (κ1) is 86.4. The first-order valence-electron chi connectivity index (χ1n) is 34.1. The third-order valence-corrected chi connectivity index (χ3v) is 17.3.